The highest BCUT2D eigenvalue weighted by Gasteiger charge is 2.27. The van der Waals surface area contributed by atoms with Crippen LogP contribution >= 0.6 is 0 Å². The van der Waals surface area contributed by atoms with Crippen molar-refractivity contribution >= 4 is 16.8 Å². The van der Waals surface area contributed by atoms with Crippen LogP contribution in [-0.4, -0.2) is 38.7 Å². The average Bonchev–Trinajstić information content (AvgIpc) is 3.24. The first kappa shape index (κ1) is 14.9. The molecule has 0 spiro atoms. The van der Waals surface area contributed by atoms with Crippen molar-refractivity contribution in [1.82, 2.24) is 19.7 Å². The molecule has 1 atom stereocenters. The Morgan fingerprint density at radius 2 is 2.21 bits per heavy atom. The fraction of sp³-hybridized carbons (Fsp3) is 0.316. The van der Waals surface area contributed by atoms with E-state index in [0.29, 0.717) is 11.5 Å². The minimum Gasteiger partial charge on any atom is -0.338 e. The zero-order valence-electron chi connectivity index (χ0n) is 13.7. The van der Waals surface area contributed by atoms with Gasteiger partial charge in [0, 0.05) is 37.9 Å². The van der Waals surface area contributed by atoms with Crippen LogP contribution in [0, 0.1) is 5.92 Å². The third-order valence-corrected chi connectivity index (χ3v) is 4.77. The molecule has 0 radical (unpaired) electrons. The molecule has 1 amide bonds. The Bertz CT molecular complexity index is 880. The van der Waals surface area contributed by atoms with Gasteiger partial charge in [0.15, 0.2) is 0 Å². The molecule has 1 fully saturated rings. The number of aromatic nitrogens is 3. The van der Waals surface area contributed by atoms with E-state index in [1.807, 2.05) is 30.3 Å². The number of nitrogens with zero attached hydrogens (tertiary/aromatic N) is 4. The molecule has 2 aromatic heterocycles. The molecule has 3 aromatic rings. The van der Waals surface area contributed by atoms with Gasteiger partial charge in [-0.1, -0.05) is 18.2 Å². The van der Waals surface area contributed by atoms with Gasteiger partial charge in [0.1, 0.15) is 0 Å². The third kappa shape index (κ3) is 2.77. The maximum atomic E-state index is 12.5. The van der Waals surface area contributed by atoms with Gasteiger partial charge in [0.05, 0.1) is 17.3 Å². The van der Waals surface area contributed by atoms with Crippen molar-refractivity contribution in [3.63, 3.8) is 0 Å². The summed E-state index contributed by atoms with van der Waals surface area (Å²) in [4.78, 5) is 18.9. The summed E-state index contributed by atoms with van der Waals surface area (Å²) in [5.41, 5.74) is 3.03. The van der Waals surface area contributed by atoms with E-state index in [9.17, 15) is 4.79 Å². The number of likely N-dealkylation sites (tertiary alicyclic amines) is 1. The predicted octanol–water partition coefficient (Wildman–Crippen LogP) is 2.67. The molecule has 5 heteroatoms. The van der Waals surface area contributed by atoms with E-state index in [0.717, 1.165) is 31.4 Å². The fourth-order valence-electron chi connectivity index (χ4n) is 3.55. The lowest BCUT2D eigenvalue weighted by Crippen LogP contribution is -2.28. The Hall–Kier alpha value is -2.69. The largest absolute Gasteiger partial charge is 0.338 e. The molecule has 1 aliphatic rings. The van der Waals surface area contributed by atoms with E-state index in [4.69, 9.17) is 0 Å². The van der Waals surface area contributed by atoms with Crippen LogP contribution in [0.1, 0.15) is 22.3 Å². The first-order chi connectivity index (χ1) is 11.7. The van der Waals surface area contributed by atoms with Crippen LogP contribution < -0.4 is 0 Å². The summed E-state index contributed by atoms with van der Waals surface area (Å²) >= 11 is 0. The number of fused-ring (bicyclic) bond motifs is 1. The van der Waals surface area contributed by atoms with Crippen LogP contribution in [0.25, 0.3) is 10.9 Å². The summed E-state index contributed by atoms with van der Waals surface area (Å²) in [6.07, 6.45) is 7.29. The molecule has 24 heavy (non-hydrogen) atoms. The average molecular weight is 320 g/mol. The highest BCUT2D eigenvalue weighted by molar-refractivity contribution is 5.93. The number of carbonyl (C=O) groups is 1. The van der Waals surface area contributed by atoms with Crippen LogP contribution in [-0.2, 0) is 13.5 Å². The van der Waals surface area contributed by atoms with Crippen molar-refractivity contribution in [1.29, 1.82) is 0 Å². The van der Waals surface area contributed by atoms with Gasteiger partial charge in [-0.25, -0.2) is 0 Å². The van der Waals surface area contributed by atoms with Gasteiger partial charge in [-0.2, -0.15) is 5.10 Å². The van der Waals surface area contributed by atoms with Gasteiger partial charge in [-0.15, -0.1) is 0 Å². The van der Waals surface area contributed by atoms with Gasteiger partial charge >= 0.3 is 0 Å². The van der Waals surface area contributed by atoms with Crippen LogP contribution in [0.5, 0.6) is 0 Å². The van der Waals surface area contributed by atoms with Gasteiger partial charge in [-0.05, 0) is 36.5 Å². The third-order valence-electron chi connectivity index (χ3n) is 4.77. The number of hydrogen-bond acceptors (Lipinski definition) is 3. The van der Waals surface area contributed by atoms with Crippen molar-refractivity contribution in [3.8, 4) is 0 Å². The molecule has 1 aromatic carbocycles. The maximum absolute atomic E-state index is 12.5. The molecule has 1 aliphatic heterocycles. The summed E-state index contributed by atoms with van der Waals surface area (Å²) in [6.45, 7) is 1.63. The van der Waals surface area contributed by atoms with E-state index in [1.54, 1.807) is 17.1 Å². The lowest BCUT2D eigenvalue weighted by Gasteiger charge is -2.16. The molecule has 0 saturated carbocycles. The minimum absolute atomic E-state index is 0.0881. The SMILES string of the molecule is Cn1cc(C(=O)N2CC[C@H](Cc3cccc4ncccc34)C2)cn1. The molecular formula is C19H20N4O. The van der Waals surface area contributed by atoms with E-state index < -0.39 is 0 Å². The van der Waals surface area contributed by atoms with Crippen molar-refractivity contribution in [3.05, 3.63) is 60.0 Å². The van der Waals surface area contributed by atoms with E-state index in [-0.39, 0.29) is 5.91 Å². The molecule has 0 N–H and O–H groups in total. The number of benzene rings is 1. The molecule has 122 valence electrons. The number of carbonyl (C=O) groups excluding carboxylic acids is 1. The lowest BCUT2D eigenvalue weighted by molar-refractivity contribution is 0.0787. The summed E-state index contributed by atoms with van der Waals surface area (Å²) in [7, 11) is 1.83. The molecule has 0 bridgehead atoms. The predicted molar refractivity (Wildman–Crippen MR) is 92.7 cm³/mol. The fourth-order valence-corrected chi connectivity index (χ4v) is 3.55. The molecule has 4 rings (SSSR count). The first-order valence-corrected chi connectivity index (χ1v) is 8.31. The van der Waals surface area contributed by atoms with Crippen LogP contribution in [0.15, 0.2) is 48.9 Å². The van der Waals surface area contributed by atoms with Crippen LogP contribution in [0.4, 0.5) is 0 Å². The summed E-state index contributed by atoms with van der Waals surface area (Å²) in [6, 6.07) is 10.4. The first-order valence-electron chi connectivity index (χ1n) is 8.31. The number of aryl methyl sites for hydroxylation is 1. The summed E-state index contributed by atoms with van der Waals surface area (Å²) in [5, 5.41) is 5.31. The van der Waals surface area contributed by atoms with Crippen LogP contribution in [0.3, 0.4) is 0 Å². The van der Waals surface area contributed by atoms with Crippen molar-refractivity contribution in [2.24, 2.45) is 13.0 Å². The maximum Gasteiger partial charge on any atom is 0.257 e. The van der Waals surface area contributed by atoms with Gasteiger partial charge < -0.3 is 4.90 Å². The normalized spacial score (nSPS) is 17.5. The molecule has 3 heterocycles. The highest BCUT2D eigenvalue weighted by atomic mass is 16.2. The summed E-state index contributed by atoms with van der Waals surface area (Å²) < 4.78 is 1.67. The zero-order valence-corrected chi connectivity index (χ0v) is 13.7. The number of hydrogen-bond donors (Lipinski definition) is 0. The second-order valence-electron chi connectivity index (χ2n) is 6.50. The number of pyridine rings is 1. The monoisotopic (exact) mass is 320 g/mol. The quantitative estimate of drug-likeness (QED) is 0.745. The molecule has 0 unspecified atom stereocenters. The second-order valence-corrected chi connectivity index (χ2v) is 6.50. The Morgan fingerprint density at radius 3 is 3.04 bits per heavy atom. The van der Waals surface area contributed by atoms with Crippen molar-refractivity contribution in [2.75, 3.05) is 13.1 Å². The van der Waals surface area contributed by atoms with Crippen molar-refractivity contribution < 1.29 is 4.79 Å². The summed E-state index contributed by atoms with van der Waals surface area (Å²) in [5.74, 6) is 0.585. The van der Waals surface area contributed by atoms with E-state index >= 15 is 0 Å². The topological polar surface area (TPSA) is 51.0 Å². The lowest BCUT2D eigenvalue weighted by atomic mass is 9.96. The molecule has 0 aliphatic carbocycles. The van der Waals surface area contributed by atoms with Gasteiger partial charge in [0.2, 0.25) is 0 Å². The van der Waals surface area contributed by atoms with Gasteiger partial charge in [0.25, 0.3) is 5.91 Å². The highest BCUT2D eigenvalue weighted by Crippen LogP contribution is 2.25. The molecule has 1 saturated heterocycles. The Labute approximate surface area is 140 Å². The smallest absolute Gasteiger partial charge is 0.257 e. The van der Waals surface area contributed by atoms with Gasteiger partial charge in [-0.3, -0.25) is 14.5 Å². The Kier molecular flexibility index (Phi) is 3.76. The molecule has 5 nitrogen and oxygen atoms in total. The Morgan fingerprint density at radius 1 is 1.29 bits per heavy atom. The van der Waals surface area contributed by atoms with Crippen molar-refractivity contribution in [2.45, 2.75) is 12.8 Å². The Balaban J connectivity index is 1.48. The van der Waals surface area contributed by atoms with Crippen LogP contribution in [0.2, 0.25) is 0 Å². The standard InChI is InChI=1S/C19H20N4O/c1-22-13-16(11-21-22)19(24)23-9-7-14(12-23)10-15-4-2-6-18-17(15)5-3-8-20-18/h2-6,8,11,13-14H,7,9-10,12H2,1H3/t14-/m1/s1. The molecular weight excluding hydrogens is 300 g/mol. The van der Waals surface area contributed by atoms with E-state index in [2.05, 4.69) is 28.3 Å². The number of amides is 1. The van der Waals surface area contributed by atoms with E-state index in [1.165, 1.54) is 10.9 Å². The number of rotatable bonds is 3. The zero-order chi connectivity index (χ0) is 16.5. The second kappa shape index (κ2) is 6.07. The minimum atomic E-state index is 0.0881.